The van der Waals surface area contributed by atoms with Crippen molar-refractivity contribution in [3.05, 3.63) is 23.6 Å². The van der Waals surface area contributed by atoms with E-state index >= 15 is 0 Å². The molecule has 2 N–H and O–H groups in total. The van der Waals surface area contributed by atoms with Crippen LogP contribution >= 0.6 is 0 Å². The van der Waals surface area contributed by atoms with Gasteiger partial charge < -0.3 is 15.2 Å². The molecule has 1 rings (SSSR count). The van der Waals surface area contributed by atoms with Gasteiger partial charge in [-0.1, -0.05) is 12.2 Å². The van der Waals surface area contributed by atoms with Crippen molar-refractivity contribution >= 4 is 12.1 Å². The summed E-state index contributed by atoms with van der Waals surface area (Å²) in [5.74, 6) is -1.85. The Balaban J connectivity index is 2.83. The maximum atomic E-state index is 13.6. The van der Waals surface area contributed by atoms with Crippen molar-refractivity contribution in [3.8, 4) is 0 Å². The summed E-state index contributed by atoms with van der Waals surface area (Å²) in [4.78, 5) is 22.7. The molecule has 0 unspecified atom stereocenters. The Labute approximate surface area is 111 Å². The molecule has 0 aromatic carbocycles. The van der Waals surface area contributed by atoms with E-state index in [2.05, 4.69) is 5.32 Å². The van der Waals surface area contributed by atoms with Gasteiger partial charge in [0.15, 0.2) is 6.04 Å². The molecule has 0 bridgehead atoms. The lowest BCUT2D eigenvalue weighted by Gasteiger charge is -2.23. The summed E-state index contributed by atoms with van der Waals surface area (Å²) in [5.41, 5.74) is -0.785. The number of carbonyl (C=O) groups is 2. The van der Waals surface area contributed by atoms with E-state index in [1.807, 2.05) is 0 Å². The molecule has 0 heterocycles. The number of aliphatic carboxylic acids is 1. The van der Waals surface area contributed by atoms with Crippen molar-refractivity contribution in [2.45, 2.75) is 45.3 Å². The van der Waals surface area contributed by atoms with Crippen LogP contribution in [0.5, 0.6) is 0 Å². The van der Waals surface area contributed by atoms with Gasteiger partial charge >= 0.3 is 12.1 Å². The molecule has 0 aromatic rings. The molecule has 0 aromatic heterocycles. The standard InChI is InChI=1S/C13H18FNO4/c1-13(2,3)19-12(18)15-10(11(16)17)8-6-4-5-7-9(8)14/h4,6,10H,5,7H2,1-3H3,(H,15,18)(H,16,17)/t10-/m1/s1. The number of hydrogen-bond donors (Lipinski definition) is 2. The van der Waals surface area contributed by atoms with Crippen molar-refractivity contribution in [2.24, 2.45) is 0 Å². The minimum Gasteiger partial charge on any atom is -0.479 e. The van der Waals surface area contributed by atoms with Gasteiger partial charge in [-0.3, -0.25) is 0 Å². The van der Waals surface area contributed by atoms with Crippen molar-refractivity contribution in [2.75, 3.05) is 0 Å². The minimum atomic E-state index is -1.44. The molecule has 5 nitrogen and oxygen atoms in total. The first-order valence-electron chi connectivity index (χ1n) is 5.98. The second-order valence-corrected chi connectivity index (χ2v) is 5.22. The third-order valence-electron chi connectivity index (χ3n) is 2.36. The number of halogens is 1. The molecular formula is C13H18FNO4. The zero-order valence-corrected chi connectivity index (χ0v) is 11.2. The van der Waals surface area contributed by atoms with E-state index < -0.39 is 29.5 Å². The molecule has 1 atom stereocenters. The monoisotopic (exact) mass is 271 g/mol. The molecule has 1 aliphatic carbocycles. The first-order chi connectivity index (χ1) is 8.70. The highest BCUT2D eigenvalue weighted by Gasteiger charge is 2.29. The number of carboxylic acids is 1. The summed E-state index contributed by atoms with van der Waals surface area (Å²) < 4.78 is 18.6. The number of carboxylic acid groups (broad SMARTS) is 1. The third kappa shape index (κ3) is 4.73. The molecule has 1 amide bonds. The Hall–Kier alpha value is -1.85. The van der Waals surface area contributed by atoms with Gasteiger partial charge in [0, 0.05) is 12.0 Å². The van der Waals surface area contributed by atoms with Gasteiger partial charge in [0.25, 0.3) is 0 Å². The Morgan fingerprint density at radius 2 is 2.11 bits per heavy atom. The van der Waals surface area contributed by atoms with Crippen LogP contribution in [0, 0.1) is 0 Å². The second kappa shape index (κ2) is 5.86. The minimum absolute atomic E-state index is 0.0374. The summed E-state index contributed by atoms with van der Waals surface area (Å²) in [5, 5.41) is 11.2. The lowest BCUT2D eigenvalue weighted by Crippen LogP contribution is -2.44. The Bertz CT molecular complexity index is 434. The van der Waals surface area contributed by atoms with Gasteiger partial charge in [0.2, 0.25) is 0 Å². The SMILES string of the molecule is CC(C)(C)OC(=O)N[C@@H](C(=O)O)C1=C(F)CCC=C1. The largest absolute Gasteiger partial charge is 0.479 e. The molecule has 0 radical (unpaired) electrons. The van der Waals surface area contributed by atoms with Gasteiger partial charge in [-0.05, 0) is 27.2 Å². The summed E-state index contributed by atoms with van der Waals surface area (Å²) in [7, 11) is 0. The first kappa shape index (κ1) is 15.2. The Morgan fingerprint density at radius 3 is 2.58 bits per heavy atom. The number of nitrogens with one attached hydrogen (secondary N) is 1. The van der Waals surface area contributed by atoms with E-state index in [9.17, 15) is 14.0 Å². The number of allylic oxidation sites excluding steroid dienone is 2. The van der Waals surface area contributed by atoms with Crippen LogP contribution in [0.15, 0.2) is 23.6 Å². The third-order valence-corrected chi connectivity index (χ3v) is 2.36. The molecule has 19 heavy (non-hydrogen) atoms. The van der Waals surface area contributed by atoms with E-state index in [1.165, 1.54) is 6.08 Å². The number of hydrogen-bond acceptors (Lipinski definition) is 3. The van der Waals surface area contributed by atoms with Crippen molar-refractivity contribution in [1.29, 1.82) is 0 Å². The van der Waals surface area contributed by atoms with E-state index in [4.69, 9.17) is 9.84 Å². The van der Waals surface area contributed by atoms with Crippen molar-refractivity contribution in [1.82, 2.24) is 5.32 Å². The second-order valence-electron chi connectivity index (χ2n) is 5.22. The Morgan fingerprint density at radius 1 is 1.47 bits per heavy atom. The van der Waals surface area contributed by atoms with E-state index in [0.717, 1.165) is 0 Å². The highest BCUT2D eigenvalue weighted by molar-refractivity contribution is 5.84. The number of rotatable bonds is 3. The highest BCUT2D eigenvalue weighted by atomic mass is 19.1. The molecular weight excluding hydrogens is 253 g/mol. The predicted molar refractivity (Wildman–Crippen MR) is 67.3 cm³/mol. The molecule has 106 valence electrons. The van der Waals surface area contributed by atoms with Crippen LogP contribution in [0.3, 0.4) is 0 Å². The maximum Gasteiger partial charge on any atom is 0.408 e. The molecule has 0 saturated carbocycles. The van der Waals surface area contributed by atoms with Crippen molar-refractivity contribution in [3.63, 3.8) is 0 Å². The van der Waals surface area contributed by atoms with Crippen LogP contribution in [-0.4, -0.2) is 28.8 Å². The zero-order valence-electron chi connectivity index (χ0n) is 11.2. The van der Waals surface area contributed by atoms with Crippen LogP contribution in [0.2, 0.25) is 0 Å². The summed E-state index contributed by atoms with van der Waals surface area (Å²) in [6.45, 7) is 4.97. The van der Waals surface area contributed by atoms with Gasteiger partial charge in [0.1, 0.15) is 11.4 Å². The number of ether oxygens (including phenoxy) is 1. The fourth-order valence-corrected chi connectivity index (χ4v) is 1.61. The summed E-state index contributed by atoms with van der Waals surface area (Å²) in [6, 6.07) is -1.44. The topological polar surface area (TPSA) is 75.6 Å². The zero-order chi connectivity index (χ0) is 14.6. The highest BCUT2D eigenvalue weighted by Crippen LogP contribution is 2.23. The van der Waals surface area contributed by atoms with Gasteiger partial charge in [-0.25, -0.2) is 14.0 Å². The fourth-order valence-electron chi connectivity index (χ4n) is 1.61. The predicted octanol–water partition coefficient (Wildman–Crippen LogP) is 2.54. The first-order valence-corrected chi connectivity index (χ1v) is 5.98. The molecule has 0 spiro atoms. The molecule has 1 aliphatic rings. The van der Waals surface area contributed by atoms with E-state index in [1.54, 1.807) is 26.8 Å². The van der Waals surface area contributed by atoms with E-state index in [0.29, 0.717) is 6.42 Å². The molecule has 0 aliphatic heterocycles. The van der Waals surface area contributed by atoms with E-state index in [-0.39, 0.29) is 12.0 Å². The fraction of sp³-hybridized carbons (Fsp3) is 0.538. The summed E-state index contributed by atoms with van der Waals surface area (Å²) >= 11 is 0. The van der Waals surface area contributed by atoms with Crippen LogP contribution < -0.4 is 5.32 Å². The lowest BCUT2D eigenvalue weighted by atomic mass is 9.99. The van der Waals surface area contributed by atoms with Gasteiger partial charge in [-0.15, -0.1) is 0 Å². The van der Waals surface area contributed by atoms with Gasteiger partial charge in [-0.2, -0.15) is 0 Å². The molecule has 0 saturated heterocycles. The average Bonchev–Trinajstić information content (AvgIpc) is 2.24. The number of alkyl carbamates (subject to hydrolysis) is 1. The van der Waals surface area contributed by atoms with Crippen LogP contribution in [0.1, 0.15) is 33.6 Å². The Kier molecular flexibility index (Phi) is 4.69. The van der Waals surface area contributed by atoms with Gasteiger partial charge in [0.05, 0.1) is 0 Å². The average molecular weight is 271 g/mol. The van der Waals surface area contributed by atoms with Crippen LogP contribution in [0.25, 0.3) is 0 Å². The molecule has 0 fully saturated rings. The quantitative estimate of drug-likeness (QED) is 0.827. The smallest absolute Gasteiger partial charge is 0.408 e. The lowest BCUT2D eigenvalue weighted by molar-refractivity contribution is -0.138. The summed E-state index contributed by atoms with van der Waals surface area (Å²) in [6.07, 6.45) is 2.83. The normalized spacial score (nSPS) is 17.1. The number of carbonyl (C=O) groups excluding carboxylic acids is 1. The maximum absolute atomic E-state index is 13.6. The van der Waals surface area contributed by atoms with Crippen LogP contribution in [0.4, 0.5) is 9.18 Å². The van der Waals surface area contributed by atoms with Crippen molar-refractivity contribution < 1.29 is 23.8 Å². The van der Waals surface area contributed by atoms with Crippen LogP contribution in [-0.2, 0) is 9.53 Å². The number of amides is 1. The molecule has 6 heteroatoms.